The zero-order chi connectivity index (χ0) is 16.9. The summed E-state index contributed by atoms with van der Waals surface area (Å²) in [5.41, 5.74) is 4.84. The Morgan fingerprint density at radius 3 is 2.50 bits per heavy atom. The predicted molar refractivity (Wildman–Crippen MR) is 97.6 cm³/mol. The van der Waals surface area contributed by atoms with Gasteiger partial charge in [0.05, 0.1) is 0 Å². The summed E-state index contributed by atoms with van der Waals surface area (Å²) in [5.74, 6) is 0.650. The maximum absolute atomic E-state index is 12.3. The van der Waals surface area contributed by atoms with Gasteiger partial charge >= 0.3 is 0 Å². The van der Waals surface area contributed by atoms with E-state index < -0.39 is 6.10 Å². The lowest BCUT2D eigenvalue weighted by molar-refractivity contribution is -0.122. The standard InChI is InChI=1S/C21H25NO2/c1-3-16-8-11-19(12-9-16)22-21(23)15(2)24-20-13-10-17-6-4-5-7-18(17)14-20/h8-15H,3-7H2,1-2H3,(H,22,23). The molecule has 0 bridgehead atoms. The quantitative estimate of drug-likeness (QED) is 0.877. The minimum atomic E-state index is -0.530. The van der Waals surface area contributed by atoms with Crippen molar-refractivity contribution in [2.24, 2.45) is 0 Å². The first-order valence-corrected chi connectivity index (χ1v) is 8.84. The third-order valence-electron chi connectivity index (χ3n) is 4.63. The van der Waals surface area contributed by atoms with Crippen molar-refractivity contribution >= 4 is 11.6 Å². The van der Waals surface area contributed by atoms with Gasteiger partial charge in [-0.2, -0.15) is 0 Å². The third-order valence-corrected chi connectivity index (χ3v) is 4.63. The van der Waals surface area contributed by atoms with Gasteiger partial charge in [-0.3, -0.25) is 4.79 Å². The molecule has 1 N–H and O–H groups in total. The molecule has 2 aromatic carbocycles. The fourth-order valence-electron chi connectivity index (χ4n) is 3.11. The summed E-state index contributed by atoms with van der Waals surface area (Å²) in [7, 11) is 0. The average Bonchev–Trinajstić information content (AvgIpc) is 2.62. The molecular formula is C21H25NO2. The Morgan fingerprint density at radius 2 is 1.79 bits per heavy atom. The van der Waals surface area contributed by atoms with Gasteiger partial charge in [0.2, 0.25) is 0 Å². The van der Waals surface area contributed by atoms with Crippen LogP contribution < -0.4 is 10.1 Å². The first-order chi connectivity index (χ1) is 11.7. The molecule has 3 nitrogen and oxygen atoms in total. The van der Waals surface area contributed by atoms with Gasteiger partial charge in [-0.05, 0) is 80.0 Å². The normalized spacial score (nSPS) is 14.6. The summed E-state index contributed by atoms with van der Waals surface area (Å²) in [6.45, 7) is 3.90. The fraction of sp³-hybridized carbons (Fsp3) is 0.381. The van der Waals surface area contributed by atoms with Crippen LogP contribution in [0.25, 0.3) is 0 Å². The minimum Gasteiger partial charge on any atom is -0.481 e. The maximum atomic E-state index is 12.3. The number of hydrogen-bond donors (Lipinski definition) is 1. The first kappa shape index (κ1) is 16.6. The molecule has 126 valence electrons. The van der Waals surface area contributed by atoms with Crippen molar-refractivity contribution in [3.63, 3.8) is 0 Å². The number of benzene rings is 2. The van der Waals surface area contributed by atoms with Crippen LogP contribution in [0.2, 0.25) is 0 Å². The highest BCUT2D eigenvalue weighted by atomic mass is 16.5. The van der Waals surface area contributed by atoms with Gasteiger partial charge in [0.25, 0.3) is 5.91 Å². The SMILES string of the molecule is CCc1ccc(NC(=O)C(C)Oc2ccc3c(c2)CCCC3)cc1. The van der Waals surface area contributed by atoms with Gasteiger partial charge in [-0.25, -0.2) is 0 Å². The second-order valence-corrected chi connectivity index (χ2v) is 6.44. The number of hydrogen-bond acceptors (Lipinski definition) is 2. The number of amides is 1. The van der Waals surface area contributed by atoms with Gasteiger partial charge in [0.15, 0.2) is 6.10 Å². The van der Waals surface area contributed by atoms with E-state index >= 15 is 0 Å². The lowest BCUT2D eigenvalue weighted by atomic mass is 9.92. The van der Waals surface area contributed by atoms with E-state index in [2.05, 4.69) is 24.4 Å². The van der Waals surface area contributed by atoms with Crippen LogP contribution in [0, 0.1) is 0 Å². The summed E-state index contributed by atoms with van der Waals surface area (Å²) >= 11 is 0. The Hall–Kier alpha value is -2.29. The monoisotopic (exact) mass is 323 g/mol. The van der Waals surface area contributed by atoms with Crippen molar-refractivity contribution < 1.29 is 9.53 Å². The molecule has 0 saturated carbocycles. The molecule has 3 rings (SSSR count). The van der Waals surface area contributed by atoms with Crippen LogP contribution in [0.1, 0.15) is 43.4 Å². The van der Waals surface area contributed by atoms with Crippen LogP contribution in [0.4, 0.5) is 5.69 Å². The molecule has 0 spiro atoms. The predicted octanol–water partition coefficient (Wildman–Crippen LogP) is 4.53. The van der Waals surface area contributed by atoms with Crippen LogP contribution in [0.15, 0.2) is 42.5 Å². The molecule has 24 heavy (non-hydrogen) atoms. The molecule has 3 heteroatoms. The van der Waals surface area contributed by atoms with Gasteiger partial charge in [-0.1, -0.05) is 25.1 Å². The molecule has 0 aliphatic heterocycles. The van der Waals surface area contributed by atoms with Crippen molar-refractivity contribution in [2.45, 2.75) is 52.1 Å². The number of rotatable bonds is 5. The molecule has 0 aromatic heterocycles. The lowest BCUT2D eigenvalue weighted by Gasteiger charge is -2.19. The Morgan fingerprint density at radius 1 is 1.08 bits per heavy atom. The second kappa shape index (κ2) is 7.52. The summed E-state index contributed by atoms with van der Waals surface area (Å²) in [5, 5.41) is 2.91. The van der Waals surface area contributed by atoms with E-state index in [4.69, 9.17) is 4.74 Å². The zero-order valence-corrected chi connectivity index (χ0v) is 14.5. The summed E-state index contributed by atoms with van der Waals surface area (Å²) in [4.78, 5) is 12.3. The van der Waals surface area contributed by atoms with E-state index in [0.29, 0.717) is 0 Å². The van der Waals surface area contributed by atoms with E-state index in [1.807, 2.05) is 30.3 Å². The molecule has 1 atom stereocenters. The van der Waals surface area contributed by atoms with Crippen molar-refractivity contribution in [3.05, 3.63) is 59.2 Å². The molecular weight excluding hydrogens is 298 g/mol. The van der Waals surface area contributed by atoms with Gasteiger partial charge in [0, 0.05) is 5.69 Å². The zero-order valence-electron chi connectivity index (χ0n) is 14.5. The molecule has 1 aliphatic carbocycles. The number of aryl methyl sites for hydroxylation is 3. The maximum Gasteiger partial charge on any atom is 0.265 e. The third kappa shape index (κ3) is 3.97. The van der Waals surface area contributed by atoms with Gasteiger partial charge in [-0.15, -0.1) is 0 Å². The Labute approximate surface area is 144 Å². The average molecular weight is 323 g/mol. The smallest absolute Gasteiger partial charge is 0.265 e. The highest BCUT2D eigenvalue weighted by Crippen LogP contribution is 2.26. The molecule has 1 aliphatic rings. The van der Waals surface area contributed by atoms with Crippen LogP contribution in [-0.2, 0) is 24.1 Å². The fourth-order valence-corrected chi connectivity index (χ4v) is 3.11. The summed E-state index contributed by atoms with van der Waals surface area (Å²) < 4.78 is 5.85. The molecule has 2 aromatic rings. The summed E-state index contributed by atoms with van der Waals surface area (Å²) in [6, 6.07) is 14.1. The first-order valence-electron chi connectivity index (χ1n) is 8.84. The highest BCUT2D eigenvalue weighted by molar-refractivity contribution is 5.94. The van der Waals surface area contributed by atoms with E-state index in [-0.39, 0.29) is 5.91 Å². The Kier molecular flexibility index (Phi) is 5.19. The van der Waals surface area contributed by atoms with Crippen LogP contribution in [-0.4, -0.2) is 12.0 Å². The van der Waals surface area contributed by atoms with E-state index in [1.165, 1.54) is 29.5 Å². The van der Waals surface area contributed by atoms with Crippen LogP contribution in [0.5, 0.6) is 5.75 Å². The van der Waals surface area contributed by atoms with Crippen LogP contribution in [0.3, 0.4) is 0 Å². The van der Waals surface area contributed by atoms with E-state index in [9.17, 15) is 4.79 Å². The molecule has 1 amide bonds. The highest BCUT2D eigenvalue weighted by Gasteiger charge is 2.16. The Balaban J connectivity index is 1.61. The van der Waals surface area contributed by atoms with E-state index in [1.54, 1.807) is 6.92 Å². The Bertz CT molecular complexity index is 706. The number of carbonyl (C=O) groups excluding carboxylic acids is 1. The topological polar surface area (TPSA) is 38.3 Å². The molecule has 0 heterocycles. The molecule has 1 unspecified atom stereocenters. The number of anilines is 1. The number of nitrogens with one attached hydrogen (secondary N) is 1. The lowest BCUT2D eigenvalue weighted by Crippen LogP contribution is -2.30. The second-order valence-electron chi connectivity index (χ2n) is 6.44. The van der Waals surface area contributed by atoms with Crippen molar-refractivity contribution in [2.75, 3.05) is 5.32 Å². The molecule has 0 saturated heterocycles. The molecule has 0 radical (unpaired) electrons. The van der Waals surface area contributed by atoms with Gasteiger partial charge < -0.3 is 10.1 Å². The van der Waals surface area contributed by atoms with Crippen molar-refractivity contribution in [1.82, 2.24) is 0 Å². The van der Waals surface area contributed by atoms with Crippen LogP contribution >= 0.6 is 0 Å². The number of fused-ring (bicyclic) bond motifs is 1. The largest absolute Gasteiger partial charge is 0.481 e. The van der Waals surface area contributed by atoms with E-state index in [0.717, 1.165) is 30.7 Å². The van der Waals surface area contributed by atoms with Crippen molar-refractivity contribution in [3.8, 4) is 5.75 Å². The number of ether oxygens (including phenoxy) is 1. The van der Waals surface area contributed by atoms with Crippen molar-refractivity contribution in [1.29, 1.82) is 0 Å². The molecule has 0 fully saturated rings. The van der Waals surface area contributed by atoms with Gasteiger partial charge in [0.1, 0.15) is 5.75 Å². The number of carbonyl (C=O) groups is 1. The minimum absolute atomic E-state index is 0.128. The summed E-state index contributed by atoms with van der Waals surface area (Å²) in [6.07, 6.45) is 5.23.